The van der Waals surface area contributed by atoms with Crippen molar-refractivity contribution in [3.63, 3.8) is 0 Å². The molecule has 0 radical (unpaired) electrons. The van der Waals surface area contributed by atoms with Crippen LogP contribution in [0.4, 0.5) is 5.69 Å². The van der Waals surface area contributed by atoms with Crippen molar-refractivity contribution in [3.05, 3.63) is 59.7 Å². The molecule has 0 spiro atoms. The number of piperidine rings is 2. The molecule has 0 aliphatic carbocycles. The topological polar surface area (TPSA) is 113 Å². The zero-order valence-electron chi connectivity index (χ0n) is 19.2. The largest absolute Gasteiger partial charge is 0.322 e. The average molecular weight is 484 g/mol. The molecule has 0 bridgehead atoms. The third-order valence-corrected chi connectivity index (χ3v) is 8.79. The van der Waals surface area contributed by atoms with Gasteiger partial charge in [0.15, 0.2) is 0 Å². The van der Waals surface area contributed by atoms with E-state index < -0.39 is 21.3 Å². The summed E-state index contributed by atoms with van der Waals surface area (Å²) in [7, 11) is -3.77. The summed E-state index contributed by atoms with van der Waals surface area (Å²) < 4.78 is 27.8. The van der Waals surface area contributed by atoms with E-state index in [0.29, 0.717) is 31.6 Å². The Labute approximate surface area is 199 Å². The number of imide groups is 1. The summed E-state index contributed by atoms with van der Waals surface area (Å²) in [5.74, 6) is -1.09. The van der Waals surface area contributed by atoms with Gasteiger partial charge in [-0.15, -0.1) is 0 Å². The second-order valence-electron chi connectivity index (χ2n) is 8.81. The number of amides is 3. The number of nitrogens with zero attached hydrogens (tertiary/aromatic N) is 1. The van der Waals surface area contributed by atoms with E-state index in [0.717, 1.165) is 24.8 Å². The van der Waals surface area contributed by atoms with Crippen LogP contribution in [-0.2, 0) is 25.0 Å². The third-order valence-electron chi connectivity index (χ3n) is 6.83. The number of carbonyl (C=O) groups is 3. The predicted octanol–water partition coefficient (Wildman–Crippen LogP) is 3.20. The van der Waals surface area contributed by atoms with Gasteiger partial charge in [-0.1, -0.05) is 37.6 Å². The Balaban J connectivity index is 1.55. The molecule has 34 heavy (non-hydrogen) atoms. The van der Waals surface area contributed by atoms with Gasteiger partial charge in [-0.05, 0) is 55.5 Å². The quantitative estimate of drug-likeness (QED) is 0.613. The van der Waals surface area contributed by atoms with Crippen LogP contribution in [0, 0.1) is 0 Å². The minimum absolute atomic E-state index is 0.000463. The summed E-state index contributed by atoms with van der Waals surface area (Å²) in [5.41, 5.74) is 0.557. The summed E-state index contributed by atoms with van der Waals surface area (Å²) in [5, 5.41) is 5.20. The van der Waals surface area contributed by atoms with Crippen LogP contribution in [0.5, 0.6) is 0 Å². The number of nitrogens with one attached hydrogen (secondary N) is 2. The Morgan fingerprint density at radius 3 is 2.35 bits per heavy atom. The van der Waals surface area contributed by atoms with Gasteiger partial charge >= 0.3 is 0 Å². The smallest absolute Gasteiger partial charge is 0.257 e. The molecule has 2 aliphatic rings. The normalized spacial score (nSPS) is 21.7. The first-order valence-electron chi connectivity index (χ1n) is 11.6. The SMILES string of the molecule is CCC1(c2ccc(NC(=O)c3ccccc3S(=O)(=O)N3CCCCC3)cc2)CCC(=O)NC1=O. The maximum absolute atomic E-state index is 13.2. The lowest BCUT2D eigenvalue weighted by Crippen LogP contribution is -2.51. The molecule has 2 aliphatic heterocycles. The summed E-state index contributed by atoms with van der Waals surface area (Å²) in [4.78, 5) is 37.3. The number of hydrogen-bond donors (Lipinski definition) is 2. The highest BCUT2D eigenvalue weighted by Gasteiger charge is 2.42. The molecule has 8 nitrogen and oxygen atoms in total. The molecule has 2 N–H and O–H groups in total. The Morgan fingerprint density at radius 1 is 1.03 bits per heavy atom. The van der Waals surface area contributed by atoms with Crippen molar-refractivity contribution in [2.75, 3.05) is 18.4 Å². The summed E-state index contributed by atoms with van der Waals surface area (Å²) in [6.07, 6.45) is 3.87. The Morgan fingerprint density at radius 2 is 1.71 bits per heavy atom. The van der Waals surface area contributed by atoms with Gasteiger partial charge in [0.2, 0.25) is 21.8 Å². The Kier molecular flexibility index (Phi) is 6.86. The van der Waals surface area contributed by atoms with Crippen molar-refractivity contribution in [2.24, 2.45) is 0 Å². The maximum atomic E-state index is 13.2. The van der Waals surface area contributed by atoms with Crippen LogP contribution in [-0.4, -0.2) is 43.5 Å². The van der Waals surface area contributed by atoms with Crippen LogP contribution in [0.3, 0.4) is 0 Å². The first-order chi connectivity index (χ1) is 16.3. The maximum Gasteiger partial charge on any atom is 0.257 e. The standard InChI is InChI=1S/C25H29N3O5S/c1-2-25(15-14-22(29)27-24(25)31)18-10-12-19(13-11-18)26-23(30)20-8-4-5-9-21(20)34(32,33)28-16-6-3-7-17-28/h4-5,8-13H,2-3,6-7,14-17H2,1H3,(H,26,30)(H,27,29,31). The Bertz CT molecular complexity index is 1200. The molecular formula is C25H29N3O5S. The molecule has 3 amide bonds. The highest BCUT2D eigenvalue weighted by molar-refractivity contribution is 7.89. The van der Waals surface area contributed by atoms with Gasteiger partial charge in [0.1, 0.15) is 0 Å². The molecule has 1 unspecified atom stereocenters. The van der Waals surface area contributed by atoms with Gasteiger partial charge in [0, 0.05) is 25.2 Å². The monoisotopic (exact) mass is 483 g/mol. The van der Waals surface area contributed by atoms with E-state index in [1.54, 1.807) is 36.4 Å². The molecule has 2 fully saturated rings. The van der Waals surface area contributed by atoms with Gasteiger partial charge in [-0.2, -0.15) is 4.31 Å². The van der Waals surface area contributed by atoms with Crippen molar-refractivity contribution in [2.45, 2.75) is 55.8 Å². The average Bonchev–Trinajstić information content (AvgIpc) is 2.85. The zero-order chi connectivity index (χ0) is 24.3. The van der Waals surface area contributed by atoms with Crippen LogP contribution in [0.15, 0.2) is 53.4 Å². The van der Waals surface area contributed by atoms with Gasteiger partial charge in [-0.25, -0.2) is 8.42 Å². The predicted molar refractivity (Wildman–Crippen MR) is 128 cm³/mol. The fourth-order valence-electron chi connectivity index (χ4n) is 4.76. The minimum Gasteiger partial charge on any atom is -0.322 e. The van der Waals surface area contributed by atoms with Gasteiger partial charge < -0.3 is 5.32 Å². The number of carbonyl (C=O) groups excluding carboxylic acids is 3. The van der Waals surface area contributed by atoms with Gasteiger partial charge in [0.05, 0.1) is 15.9 Å². The van der Waals surface area contributed by atoms with E-state index >= 15 is 0 Å². The van der Waals surface area contributed by atoms with E-state index in [4.69, 9.17) is 0 Å². The molecule has 1 atom stereocenters. The van der Waals surface area contributed by atoms with Crippen LogP contribution >= 0.6 is 0 Å². The molecule has 2 saturated heterocycles. The summed E-state index contributed by atoms with van der Waals surface area (Å²) in [6, 6.07) is 13.2. The fourth-order valence-corrected chi connectivity index (χ4v) is 6.47. The molecule has 180 valence electrons. The molecule has 2 heterocycles. The highest BCUT2D eigenvalue weighted by Crippen LogP contribution is 2.36. The van der Waals surface area contributed by atoms with E-state index in [2.05, 4.69) is 10.6 Å². The molecular weight excluding hydrogens is 454 g/mol. The molecule has 0 saturated carbocycles. The molecule has 2 aromatic carbocycles. The van der Waals surface area contributed by atoms with Gasteiger partial charge in [0.25, 0.3) is 5.91 Å². The van der Waals surface area contributed by atoms with Crippen molar-refractivity contribution in [3.8, 4) is 0 Å². The van der Waals surface area contributed by atoms with E-state index in [1.165, 1.54) is 16.4 Å². The number of anilines is 1. The number of hydrogen-bond acceptors (Lipinski definition) is 5. The van der Waals surface area contributed by atoms with Crippen LogP contribution in [0.25, 0.3) is 0 Å². The summed E-state index contributed by atoms with van der Waals surface area (Å²) in [6.45, 7) is 2.82. The number of benzene rings is 2. The highest BCUT2D eigenvalue weighted by atomic mass is 32.2. The number of rotatable bonds is 6. The fraction of sp³-hybridized carbons (Fsp3) is 0.400. The first-order valence-corrected chi connectivity index (χ1v) is 13.1. The van der Waals surface area contributed by atoms with Gasteiger partial charge in [-0.3, -0.25) is 19.7 Å². The van der Waals surface area contributed by atoms with Crippen molar-refractivity contribution in [1.29, 1.82) is 0 Å². The lowest BCUT2D eigenvalue weighted by atomic mass is 9.72. The van der Waals surface area contributed by atoms with E-state index in [1.807, 2.05) is 6.92 Å². The molecule has 4 rings (SSSR count). The zero-order valence-corrected chi connectivity index (χ0v) is 20.0. The number of sulfonamides is 1. The second kappa shape index (κ2) is 9.68. The lowest BCUT2D eigenvalue weighted by Gasteiger charge is -2.35. The second-order valence-corrected chi connectivity index (χ2v) is 10.7. The van der Waals surface area contributed by atoms with Crippen LogP contribution in [0.1, 0.15) is 61.4 Å². The third kappa shape index (κ3) is 4.50. The lowest BCUT2D eigenvalue weighted by molar-refractivity contribution is -0.138. The van der Waals surface area contributed by atoms with Crippen LogP contribution < -0.4 is 10.6 Å². The Hall–Kier alpha value is -3.04. The summed E-state index contributed by atoms with van der Waals surface area (Å²) >= 11 is 0. The van der Waals surface area contributed by atoms with E-state index in [-0.39, 0.29) is 28.7 Å². The molecule has 2 aromatic rings. The van der Waals surface area contributed by atoms with Crippen molar-refractivity contribution < 1.29 is 22.8 Å². The van der Waals surface area contributed by atoms with Crippen molar-refractivity contribution in [1.82, 2.24) is 9.62 Å². The van der Waals surface area contributed by atoms with E-state index in [9.17, 15) is 22.8 Å². The first kappa shape index (κ1) is 24.1. The van der Waals surface area contributed by atoms with Crippen LogP contribution in [0.2, 0.25) is 0 Å². The molecule has 0 aromatic heterocycles. The van der Waals surface area contributed by atoms with Crippen molar-refractivity contribution >= 4 is 33.4 Å². The molecule has 9 heteroatoms. The minimum atomic E-state index is -3.77.